The molecule has 1 aromatic carbocycles. The summed E-state index contributed by atoms with van der Waals surface area (Å²) in [6.45, 7) is 4.27. The van der Waals surface area contributed by atoms with Crippen LogP contribution in [0.4, 0.5) is 5.82 Å². The smallest absolute Gasteiger partial charge is 0.166 e. The maximum Gasteiger partial charge on any atom is 0.166 e. The summed E-state index contributed by atoms with van der Waals surface area (Å²) >= 11 is 6.13. The molecule has 1 aromatic heterocycles. The molecule has 0 fully saturated rings. The van der Waals surface area contributed by atoms with E-state index in [0.717, 1.165) is 16.8 Å². The van der Waals surface area contributed by atoms with Crippen LogP contribution in [0.3, 0.4) is 0 Å². The third-order valence-electron chi connectivity index (χ3n) is 2.62. The van der Waals surface area contributed by atoms with Crippen LogP contribution in [-0.2, 0) is 6.61 Å². The average Bonchev–Trinajstić information content (AvgIpc) is 2.30. The predicted molar refractivity (Wildman–Crippen MR) is 73.9 cm³/mol. The Bertz CT molecular complexity index is 518. The van der Waals surface area contributed by atoms with E-state index < -0.39 is 0 Å². The summed E-state index contributed by atoms with van der Waals surface area (Å²) in [5.41, 5.74) is 8.71. The molecule has 0 saturated carbocycles. The molecule has 1 heterocycles. The maximum atomic E-state index is 6.13. The number of pyridine rings is 1. The number of anilines is 1. The second kappa shape index (κ2) is 5.27. The lowest BCUT2D eigenvalue weighted by atomic mass is 10.2. The molecule has 18 heavy (non-hydrogen) atoms. The average molecular weight is 263 g/mol. The molecule has 2 aromatic rings. The van der Waals surface area contributed by atoms with E-state index in [-0.39, 0.29) is 0 Å². The molecule has 2 rings (SSSR count). The number of aryl methyl sites for hydroxylation is 2. The standard InChI is InChI=1S/C14H15ClN2O/c1-9-3-5-11(12(15)7-9)8-18-13-6-4-10(2)17-14(13)16/h3-7H,8H2,1-2H3,(H2,16,17). The monoisotopic (exact) mass is 262 g/mol. The number of benzene rings is 1. The fraction of sp³-hybridized carbons (Fsp3) is 0.214. The highest BCUT2D eigenvalue weighted by molar-refractivity contribution is 6.31. The first-order valence-electron chi connectivity index (χ1n) is 5.67. The van der Waals surface area contributed by atoms with Gasteiger partial charge >= 0.3 is 0 Å². The second-order valence-corrected chi connectivity index (χ2v) is 4.63. The van der Waals surface area contributed by atoms with Crippen molar-refractivity contribution in [2.45, 2.75) is 20.5 Å². The Morgan fingerprint density at radius 3 is 2.67 bits per heavy atom. The van der Waals surface area contributed by atoms with E-state index in [9.17, 15) is 0 Å². The molecule has 0 spiro atoms. The third-order valence-corrected chi connectivity index (χ3v) is 2.97. The molecule has 0 aliphatic rings. The van der Waals surface area contributed by atoms with Crippen LogP contribution in [0.25, 0.3) is 0 Å². The summed E-state index contributed by atoms with van der Waals surface area (Å²) in [5.74, 6) is 0.982. The van der Waals surface area contributed by atoms with Crippen LogP contribution in [0.15, 0.2) is 30.3 Å². The number of nitrogens with zero attached hydrogens (tertiary/aromatic N) is 1. The molecule has 0 aliphatic carbocycles. The van der Waals surface area contributed by atoms with E-state index in [2.05, 4.69) is 4.98 Å². The van der Waals surface area contributed by atoms with Gasteiger partial charge in [0.15, 0.2) is 11.6 Å². The molecule has 4 heteroatoms. The van der Waals surface area contributed by atoms with Gasteiger partial charge in [0.05, 0.1) is 0 Å². The summed E-state index contributed by atoms with van der Waals surface area (Å²) in [6.07, 6.45) is 0. The van der Waals surface area contributed by atoms with Gasteiger partial charge in [0.1, 0.15) is 6.61 Å². The summed E-state index contributed by atoms with van der Waals surface area (Å²) in [5, 5.41) is 0.702. The first kappa shape index (κ1) is 12.7. The van der Waals surface area contributed by atoms with Gasteiger partial charge in [0, 0.05) is 16.3 Å². The van der Waals surface area contributed by atoms with E-state index in [4.69, 9.17) is 22.1 Å². The number of nitrogen functional groups attached to an aromatic ring is 1. The molecule has 0 saturated heterocycles. The van der Waals surface area contributed by atoms with Crippen molar-refractivity contribution in [2.24, 2.45) is 0 Å². The van der Waals surface area contributed by atoms with Gasteiger partial charge in [-0.3, -0.25) is 0 Å². The highest BCUT2D eigenvalue weighted by atomic mass is 35.5. The largest absolute Gasteiger partial charge is 0.485 e. The number of nitrogens with two attached hydrogens (primary N) is 1. The van der Waals surface area contributed by atoms with Gasteiger partial charge in [-0.1, -0.05) is 23.7 Å². The Morgan fingerprint density at radius 1 is 1.22 bits per heavy atom. The number of rotatable bonds is 3. The molecule has 0 bridgehead atoms. The van der Waals surface area contributed by atoms with Crippen molar-refractivity contribution in [2.75, 3.05) is 5.73 Å². The van der Waals surface area contributed by atoms with E-state index >= 15 is 0 Å². The predicted octanol–water partition coefficient (Wildman–Crippen LogP) is 3.51. The van der Waals surface area contributed by atoms with E-state index in [0.29, 0.717) is 23.2 Å². The maximum absolute atomic E-state index is 6.13. The molecule has 0 amide bonds. The van der Waals surface area contributed by atoms with Crippen LogP contribution in [-0.4, -0.2) is 4.98 Å². The first-order chi connectivity index (χ1) is 8.56. The number of halogens is 1. The molecular weight excluding hydrogens is 248 g/mol. The zero-order valence-electron chi connectivity index (χ0n) is 10.4. The third kappa shape index (κ3) is 2.93. The molecule has 94 valence electrons. The van der Waals surface area contributed by atoms with Gasteiger partial charge in [0.2, 0.25) is 0 Å². The Labute approximate surface area is 112 Å². The van der Waals surface area contributed by atoms with Crippen molar-refractivity contribution in [3.63, 3.8) is 0 Å². The van der Waals surface area contributed by atoms with Crippen LogP contribution in [0.2, 0.25) is 5.02 Å². The Morgan fingerprint density at radius 2 is 2.00 bits per heavy atom. The Hall–Kier alpha value is -1.74. The zero-order chi connectivity index (χ0) is 13.1. The molecule has 0 unspecified atom stereocenters. The van der Waals surface area contributed by atoms with Gasteiger partial charge < -0.3 is 10.5 Å². The van der Waals surface area contributed by atoms with Crippen LogP contribution in [0.5, 0.6) is 5.75 Å². The lowest BCUT2D eigenvalue weighted by Gasteiger charge is -2.10. The summed E-state index contributed by atoms with van der Waals surface area (Å²) in [6, 6.07) is 9.55. The van der Waals surface area contributed by atoms with Crippen molar-refractivity contribution in [1.82, 2.24) is 4.98 Å². The SMILES string of the molecule is Cc1ccc(COc2ccc(C)nc2N)c(Cl)c1. The first-order valence-corrected chi connectivity index (χ1v) is 6.05. The fourth-order valence-corrected chi connectivity index (χ4v) is 1.90. The molecule has 0 aliphatic heterocycles. The van der Waals surface area contributed by atoms with Crippen molar-refractivity contribution < 1.29 is 4.74 Å². The number of hydrogen-bond acceptors (Lipinski definition) is 3. The summed E-state index contributed by atoms with van der Waals surface area (Å²) in [4.78, 5) is 4.14. The Balaban J connectivity index is 2.11. The summed E-state index contributed by atoms with van der Waals surface area (Å²) < 4.78 is 5.63. The van der Waals surface area contributed by atoms with Gasteiger partial charge in [-0.05, 0) is 37.6 Å². The minimum absolute atomic E-state index is 0.383. The van der Waals surface area contributed by atoms with E-state index in [1.165, 1.54) is 0 Å². The van der Waals surface area contributed by atoms with Gasteiger partial charge in [-0.2, -0.15) is 0 Å². The Kier molecular flexibility index (Phi) is 3.72. The quantitative estimate of drug-likeness (QED) is 0.921. The van der Waals surface area contributed by atoms with Crippen LogP contribution < -0.4 is 10.5 Å². The lowest BCUT2D eigenvalue weighted by Crippen LogP contribution is -2.01. The van der Waals surface area contributed by atoms with Crippen molar-refractivity contribution in [1.29, 1.82) is 0 Å². The van der Waals surface area contributed by atoms with E-state index in [1.807, 2.05) is 44.2 Å². The fourth-order valence-electron chi connectivity index (χ4n) is 1.61. The summed E-state index contributed by atoms with van der Waals surface area (Å²) in [7, 11) is 0. The van der Waals surface area contributed by atoms with Gasteiger partial charge in [-0.15, -0.1) is 0 Å². The minimum Gasteiger partial charge on any atom is -0.485 e. The highest BCUT2D eigenvalue weighted by Gasteiger charge is 2.05. The van der Waals surface area contributed by atoms with Crippen LogP contribution >= 0.6 is 11.6 Å². The van der Waals surface area contributed by atoms with Gasteiger partial charge in [-0.25, -0.2) is 4.98 Å². The molecule has 0 atom stereocenters. The van der Waals surface area contributed by atoms with Crippen LogP contribution in [0.1, 0.15) is 16.8 Å². The van der Waals surface area contributed by atoms with Gasteiger partial charge in [0.25, 0.3) is 0 Å². The van der Waals surface area contributed by atoms with Crippen LogP contribution in [0, 0.1) is 13.8 Å². The number of ether oxygens (including phenoxy) is 1. The van der Waals surface area contributed by atoms with Crippen molar-refractivity contribution in [3.05, 3.63) is 52.2 Å². The molecule has 2 N–H and O–H groups in total. The molecular formula is C14H15ClN2O. The number of aromatic nitrogens is 1. The topological polar surface area (TPSA) is 48.1 Å². The van der Waals surface area contributed by atoms with Crippen molar-refractivity contribution in [3.8, 4) is 5.75 Å². The minimum atomic E-state index is 0.383. The van der Waals surface area contributed by atoms with E-state index in [1.54, 1.807) is 0 Å². The number of hydrogen-bond donors (Lipinski definition) is 1. The van der Waals surface area contributed by atoms with Crippen molar-refractivity contribution >= 4 is 17.4 Å². The molecule has 3 nitrogen and oxygen atoms in total. The zero-order valence-corrected chi connectivity index (χ0v) is 11.2. The highest BCUT2D eigenvalue weighted by Crippen LogP contribution is 2.23. The normalized spacial score (nSPS) is 10.4. The second-order valence-electron chi connectivity index (χ2n) is 4.22. The lowest BCUT2D eigenvalue weighted by molar-refractivity contribution is 0.307. The molecule has 0 radical (unpaired) electrons.